The summed E-state index contributed by atoms with van der Waals surface area (Å²) >= 11 is 3.38. The van der Waals surface area contributed by atoms with Gasteiger partial charge in [-0.05, 0) is 35.0 Å². The molecule has 2 rings (SSSR count). The molecule has 16 heavy (non-hydrogen) atoms. The van der Waals surface area contributed by atoms with Crippen LogP contribution in [-0.2, 0) is 6.42 Å². The van der Waals surface area contributed by atoms with Crippen LogP contribution in [0.2, 0.25) is 0 Å². The highest BCUT2D eigenvalue weighted by atomic mass is 79.9. The van der Waals surface area contributed by atoms with Gasteiger partial charge in [-0.25, -0.2) is 0 Å². The molecule has 0 radical (unpaired) electrons. The summed E-state index contributed by atoms with van der Waals surface area (Å²) in [6.07, 6.45) is 2.25. The van der Waals surface area contributed by atoms with Crippen molar-refractivity contribution < 1.29 is 4.52 Å². The second kappa shape index (κ2) is 4.71. The van der Waals surface area contributed by atoms with Gasteiger partial charge in [0.15, 0.2) is 0 Å². The second-order valence-corrected chi connectivity index (χ2v) is 4.38. The maximum atomic E-state index is 5.65. The predicted octanol–water partition coefficient (Wildman–Crippen LogP) is 1.78. The number of rotatable bonds is 3. The Kier molecular flexibility index (Phi) is 3.31. The SMILES string of the molecule is CC(N)Cc1nc(-c2ncccc2Br)no1. The summed E-state index contributed by atoms with van der Waals surface area (Å²) in [7, 11) is 0. The molecular formula is C10H11BrN4O. The summed E-state index contributed by atoms with van der Waals surface area (Å²) in [6.45, 7) is 1.89. The lowest BCUT2D eigenvalue weighted by atomic mass is 10.2. The van der Waals surface area contributed by atoms with Crippen LogP contribution in [0.3, 0.4) is 0 Å². The lowest BCUT2D eigenvalue weighted by molar-refractivity contribution is 0.372. The standard InChI is InChI=1S/C10H11BrN4O/c1-6(12)5-8-14-10(15-16-8)9-7(11)3-2-4-13-9/h2-4,6H,5,12H2,1H3. The van der Waals surface area contributed by atoms with Crippen LogP contribution in [0.25, 0.3) is 11.5 Å². The van der Waals surface area contributed by atoms with Crippen molar-refractivity contribution in [2.45, 2.75) is 19.4 Å². The second-order valence-electron chi connectivity index (χ2n) is 3.53. The van der Waals surface area contributed by atoms with E-state index in [0.717, 1.165) is 4.47 Å². The van der Waals surface area contributed by atoms with Gasteiger partial charge >= 0.3 is 0 Å². The van der Waals surface area contributed by atoms with E-state index in [2.05, 4.69) is 31.1 Å². The van der Waals surface area contributed by atoms with E-state index in [4.69, 9.17) is 10.3 Å². The van der Waals surface area contributed by atoms with Crippen LogP contribution >= 0.6 is 15.9 Å². The molecule has 1 atom stereocenters. The largest absolute Gasteiger partial charge is 0.339 e. The summed E-state index contributed by atoms with van der Waals surface area (Å²) in [5.74, 6) is 1.01. The lowest BCUT2D eigenvalue weighted by Gasteiger charge is -1.97. The fourth-order valence-electron chi connectivity index (χ4n) is 1.26. The van der Waals surface area contributed by atoms with Gasteiger partial charge in [-0.15, -0.1) is 0 Å². The first kappa shape index (κ1) is 11.2. The zero-order valence-electron chi connectivity index (χ0n) is 8.72. The molecule has 1 unspecified atom stereocenters. The van der Waals surface area contributed by atoms with Crippen molar-refractivity contribution in [3.05, 3.63) is 28.7 Å². The fourth-order valence-corrected chi connectivity index (χ4v) is 1.69. The Morgan fingerprint density at radius 1 is 1.56 bits per heavy atom. The maximum Gasteiger partial charge on any atom is 0.228 e. The van der Waals surface area contributed by atoms with Gasteiger partial charge in [-0.1, -0.05) is 5.16 Å². The molecule has 5 nitrogen and oxygen atoms in total. The van der Waals surface area contributed by atoms with Crippen LogP contribution in [0, 0.1) is 0 Å². The number of nitrogens with zero attached hydrogens (tertiary/aromatic N) is 3. The van der Waals surface area contributed by atoms with Gasteiger partial charge in [0, 0.05) is 23.1 Å². The van der Waals surface area contributed by atoms with Gasteiger partial charge in [0.05, 0.1) is 0 Å². The summed E-state index contributed by atoms with van der Waals surface area (Å²) < 4.78 is 5.92. The first-order chi connectivity index (χ1) is 7.66. The number of pyridine rings is 1. The molecule has 2 aromatic rings. The van der Waals surface area contributed by atoms with Crippen molar-refractivity contribution in [1.29, 1.82) is 0 Å². The quantitative estimate of drug-likeness (QED) is 0.929. The molecule has 0 aromatic carbocycles. The molecule has 6 heteroatoms. The van der Waals surface area contributed by atoms with Crippen LogP contribution in [-0.4, -0.2) is 21.2 Å². The third kappa shape index (κ3) is 2.45. The van der Waals surface area contributed by atoms with Crippen LogP contribution in [0.15, 0.2) is 27.3 Å². The molecule has 0 fully saturated rings. The first-order valence-electron chi connectivity index (χ1n) is 4.86. The molecular weight excluding hydrogens is 272 g/mol. The topological polar surface area (TPSA) is 77.8 Å². The Labute approximate surface area is 101 Å². The van der Waals surface area contributed by atoms with Gasteiger partial charge in [-0.2, -0.15) is 4.98 Å². The summed E-state index contributed by atoms with van der Waals surface area (Å²) in [5, 5.41) is 3.87. The fraction of sp³-hybridized carbons (Fsp3) is 0.300. The molecule has 0 saturated heterocycles. The molecule has 0 spiro atoms. The number of hydrogen-bond acceptors (Lipinski definition) is 5. The molecule has 2 N–H and O–H groups in total. The zero-order chi connectivity index (χ0) is 11.5. The van der Waals surface area contributed by atoms with E-state index in [1.54, 1.807) is 6.20 Å². The minimum Gasteiger partial charge on any atom is -0.339 e. The van der Waals surface area contributed by atoms with Gasteiger partial charge < -0.3 is 10.3 Å². The number of aromatic nitrogens is 3. The van der Waals surface area contributed by atoms with E-state index in [0.29, 0.717) is 23.8 Å². The van der Waals surface area contributed by atoms with Gasteiger partial charge in [0.2, 0.25) is 11.7 Å². The van der Waals surface area contributed by atoms with Crippen LogP contribution in [0.4, 0.5) is 0 Å². The molecule has 0 amide bonds. The number of hydrogen-bond donors (Lipinski definition) is 1. The average Bonchev–Trinajstić information content (AvgIpc) is 2.66. The van der Waals surface area contributed by atoms with E-state index in [-0.39, 0.29) is 6.04 Å². The Bertz CT molecular complexity index is 483. The molecule has 0 bridgehead atoms. The highest BCUT2D eigenvalue weighted by molar-refractivity contribution is 9.10. The van der Waals surface area contributed by atoms with Gasteiger partial charge in [0.1, 0.15) is 5.69 Å². The summed E-state index contributed by atoms with van der Waals surface area (Å²) in [4.78, 5) is 8.41. The molecule has 0 aliphatic rings. The van der Waals surface area contributed by atoms with Crippen LogP contribution < -0.4 is 5.73 Å². The molecule has 2 aromatic heterocycles. The monoisotopic (exact) mass is 282 g/mol. The van der Waals surface area contributed by atoms with Crippen molar-refractivity contribution in [2.75, 3.05) is 0 Å². The Morgan fingerprint density at radius 3 is 3.06 bits per heavy atom. The van der Waals surface area contributed by atoms with Crippen molar-refractivity contribution in [2.24, 2.45) is 5.73 Å². The van der Waals surface area contributed by atoms with E-state index in [1.165, 1.54) is 0 Å². The molecule has 0 saturated carbocycles. The van der Waals surface area contributed by atoms with Crippen molar-refractivity contribution in [1.82, 2.24) is 15.1 Å². The Hall–Kier alpha value is -1.27. The zero-order valence-corrected chi connectivity index (χ0v) is 10.3. The van der Waals surface area contributed by atoms with Crippen molar-refractivity contribution in [3.63, 3.8) is 0 Å². The summed E-state index contributed by atoms with van der Waals surface area (Å²) in [6, 6.07) is 3.71. The highest BCUT2D eigenvalue weighted by Crippen LogP contribution is 2.22. The average molecular weight is 283 g/mol. The third-order valence-electron chi connectivity index (χ3n) is 1.93. The summed E-state index contributed by atoms with van der Waals surface area (Å²) in [5.41, 5.74) is 6.32. The number of halogens is 1. The smallest absolute Gasteiger partial charge is 0.228 e. The molecule has 0 aliphatic heterocycles. The third-order valence-corrected chi connectivity index (χ3v) is 2.57. The minimum absolute atomic E-state index is 0.000438. The highest BCUT2D eigenvalue weighted by Gasteiger charge is 2.13. The van der Waals surface area contributed by atoms with Crippen molar-refractivity contribution >= 4 is 15.9 Å². The van der Waals surface area contributed by atoms with Crippen molar-refractivity contribution in [3.8, 4) is 11.5 Å². The maximum absolute atomic E-state index is 5.65. The van der Waals surface area contributed by atoms with E-state index >= 15 is 0 Å². The Balaban J connectivity index is 2.28. The predicted molar refractivity (Wildman–Crippen MR) is 62.6 cm³/mol. The van der Waals surface area contributed by atoms with E-state index in [9.17, 15) is 0 Å². The first-order valence-corrected chi connectivity index (χ1v) is 5.65. The van der Waals surface area contributed by atoms with E-state index < -0.39 is 0 Å². The molecule has 2 heterocycles. The minimum atomic E-state index is 0.000438. The molecule has 84 valence electrons. The van der Waals surface area contributed by atoms with Gasteiger partial charge in [-0.3, -0.25) is 4.98 Å². The van der Waals surface area contributed by atoms with Crippen LogP contribution in [0.1, 0.15) is 12.8 Å². The normalized spacial score (nSPS) is 12.7. The molecule has 0 aliphatic carbocycles. The number of nitrogens with two attached hydrogens (primary N) is 1. The van der Waals surface area contributed by atoms with Crippen LogP contribution in [0.5, 0.6) is 0 Å². The van der Waals surface area contributed by atoms with E-state index in [1.807, 2.05) is 19.1 Å². The Morgan fingerprint density at radius 2 is 2.38 bits per heavy atom. The van der Waals surface area contributed by atoms with Gasteiger partial charge in [0.25, 0.3) is 0 Å². The lowest BCUT2D eigenvalue weighted by Crippen LogP contribution is -2.17.